The lowest BCUT2D eigenvalue weighted by molar-refractivity contribution is 0.0698. The number of rotatable bonds is 4. The molecule has 2 N–H and O–H groups in total. The first-order chi connectivity index (χ1) is 12.0. The van der Waals surface area contributed by atoms with Crippen LogP contribution in [0.5, 0.6) is 0 Å². The van der Waals surface area contributed by atoms with Crippen molar-refractivity contribution in [3.05, 3.63) is 65.4 Å². The average molecular weight is 333 g/mol. The van der Waals surface area contributed by atoms with Gasteiger partial charge in [-0.1, -0.05) is 18.2 Å². The lowest BCUT2D eigenvalue weighted by Gasteiger charge is -2.11. The average Bonchev–Trinajstić information content (AvgIpc) is 3.00. The third-order valence-corrected chi connectivity index (χ3v) is 3.99. The molecule has 1 aromatic heterocycles. The monoisotopic (exact) mass is 333 g/mol. The fraction of sp³-hybridized carbons (Fsp3) is 0.105. The Labute approximate surface area is 143 Å². The highest BCUT2D eigenvalue weighted by molar-refractivity contribution is 6.09. The van der Waals surface area contributed by atoms with E-state index >= 15 is 0 Å². The van der Waals surface area contributed by atoms with E-state index in [9.17, 15) is 14.7 Å². The van der Waals surface area contributed by atoms with E-state index < -0.39 is 11.9 Å². The van der Waals surface area contributed by atoms with Gasteiger partial charge < -0.3 is 15.0 Å². The molecular formula is C19H15N3O3. The van der Waals surface area contributed by atoms with E-state index in [0.29, 0.717) is 12.2 Å². The van der Waals surface area contributed by atoms with Gasteiger partial charge in [-0.05, 0) is 37.3 Å². The number of amides is 1. The Hall–Kier alpha value is -3.59. The van der Waals surface area contributed by atoms with Crippen LogP contribution in [0.3, 0.4) is 0 Å². The van der Waals surface area contributed by atoms with Gasteiger partial charge in [-0.25, -0.2) is 4.79 Å². The fourth-order valence-electron chi connectivity index (χ4n) is 2.83. The van der Waals surface area contributed by atoms with Crippen molar-refractivity contribution in [3.63, 3.8) is 0 Å². The quantitative estimate of drug-likeness (QED) is 0.764. The number of hydrogen-bond donors (Lipinski definition) is 2. The van der Waals surface area contributed by atoms with E-state index in [4.69, 9.17) is 5.26 Å². The van der Waals surface area contributed by atoms with Crippen molar-refractivity contribution in [1.82, 2.24) is 4.57 Å². The summed E-state index contributed by atoms with van der Waals surface area (Å²) < 4.78 is 1.87. The predicted octanol–water partition coefficient (Wildman–Crippen LogP) is 3.48. The van der Waals surface area contributed by atoms with Crippen LogP contribution in [0.1, 0.15) is 33.3 Å². The minimum absolute atomic E-state index is 0.119. The number of carbonyl (C=O) groups is 2. The first-order valence-corrected chi connectivity index (χ1v) is 7.72. The number of nitrogens with one attached hydrogen (secondary N) is 1. The van der Waals surface area contributed by atoms with Gasteiger partial charge in [-0.15, -0.1) is 0 Å². The Morgan fingerprint density at radius 3 is 2.64 bits per heavy atom. The number of hydrogen-bond acceptors (Lipinski definition) is 3. The number of anilines is 1. The van der Waals surface area contributed by atoms with Gasteiger partial charge in [0.15, 0.2) is 0 Å². The molecule has 3 rings (SSSR count). The topological polar surface area (TPSA) is 95.1 Å². The standard InChI is InChI=1S/C19H15N3O3/c1-2-22-16-6-4-3-5-13(16)10-17(22)18(23)21-15-8-7-12(11-20)9-14(15)19(24)25/h3-10H,2H2,1H3,(H,21,23)(H,24,25). The molecule has 0 radical (unpaired) electrons. The van der Waals surface area contributed by atoms with Crippen molar-refractivity contribution in [3.8, 4) is 6.07 Å². The molecule has 0 fully saturated rings. The molecule has 0 atom stereocenters. The number of carbonyl (C=O) groups excluding carboxylic acids is 1. The molecule has 0 bridgehead atoms. The molecule has 0 spiro atoms. The molecule has 6 nitrogen and oxygen atoms in total. The van der Waals surface area contributed by atoms with Crippen LogP contribution in [-0.2, 0) is 6.54 Å². The molecule has 0 saturated heterocycles. The molecule has 1 amide bonds. The second-order valence-electron chi connectivity index (χ2n) is 5.46. The lowest BCUT2D eigenvalue weighted by Crippen LogP contribution is -2.18. The summed E-state index contributed by atoms with van der Waals surface area (Å²) in [5.41, 5.74) is 1.65. The predicted molar refractivity (Wildman–Crippen MR) is 93.7 cm³/mol. The van der Waals surface area contributed by atoms with Crippen LogP contribution in [0, 0.1) is 11.3 Å². The number of carboxylic acid groups (broad SMARTS) is 1. The molecule has 0 aliphatic carbocycles. The van der Waals surface area contributed by atoms with Gasteiger partial charge in [0.25, 0.3) is 5.91 Å². The van der Waals surface area contributed by atoms with Gasteiger partial charge in [0, 0.05) is 17.4 Å². The second-order valence-corrected chi connectivity index (χ2v) is 5.46. The van der Waals surface area contributed by atoms with E-state index in [-0.39, 0.29) is 16.8 Å². The molecule has 0 aliphatic rings. The van der Waals surface area contributed by atoms with Crippen molar-refractivity contribution in [2.45, 2.75) is 13.5 Å². The van der Waals surface area contributed by atoms with Crippen LogP contribution in [0.4, 0.5) is 5.69 Å². The third-order valence-electron chi connectivity index (χ3n) is 3.99. The van der Waals surface area contributed by atoms with E-state index in [1.165, 1.54) is 18.2 Å². The molecule has 124 valence electrons. The number of aromatic carboxylic acids is 1. The zero-order valence-corrected chi connectivity index (χ0v) is 13.5. The molecule has 3 aromatic rings. The Morgan fingerprint density at radius 1 is 1.20 bits per heavy atom. The van der Waals surface area contributed by atoms with Crippen molar-refractivity contribution >= 4 is 28.5 Å². The number of nitrogens with zero attached hydrogens (tertiary/aromatic N) is 2. The number of aromatic nitrogens is 1. The number of carboxylic acids is 1. The number of aryl methyl sites for hydroxylation is 1. The first kappa shape index (κ1) is 16.3. The second kappa shape index (κ2) is 6.49. The maximum atomic E-state index is 12.7. The Bertz CT molecular complexity index is 1030. The van der Waals surface area contributed by atoms with Crippen molar-refractivity contribution in [2.75, 3.05) is 5.32 Å². The SMILES string of the molecule is CCn1c(C(=O)Nc2ccc(C#N)cc2C(=O)O)cc2ccccc21. The van der Waals surface area contributed by atoms with E-state index in [2.05, 4.69) is 5.32 Å². The number of fused-ring (bicyclic) bond motifs is 1. The Balaban J connectivity index is 2.01. The minimum atomic E-state index is -1.21. The Kier molecular flexibility index (Phi) is 4.23. The largest absolute Gasteiger partial charge is 0.478 e. The summed E-state index contributed by atoms with van der Waals surface area (Å²) in [5.74, 6) is -1.60. The molecule has 2 aromatic carbocycles. The summed E-state index contributed by atoms with van der Waals surface area (Å²) in [6, 6.07) is 15.5. The normalized spacial score (nSPS) is 10.4. The van der Waals surface area contributed by atoms with Gasteiger partial charge in [0.2, 0.25) is 0 Å². The van der Waals surface area contributed by atoms with E-state index in [1.807, 2.05) is 41.8 Å². The van der Waals surface area contributed by atoms with Crippen LogP contribution in [0.25, 0.3) is 10.9 Å². The zero-order chi connectivity index (χ0) is 18.0. The van der Waals surface area contributed by atoms with Crippen LogP contribution < -0.4 is 5.32 Å². The fourth-order valence-corrected chi connectivity index (χ4v) is 2.83. The summed E-state index contributed by atoms with van der Waals surface area (Å²) in [6.07, 6.45) is 0. The van der Waals surface area contributed by atoms with E-state index in [0.717, 1.165) is 10.9 Å². The van der Waals surface area contributed by atoms with E-state index in [1.54, 1.807) is 6.07 Å². The van der Waals surface area contributed by atoms with Crippen molar-refractivity contribution < 1.29 is 14.7 Å². The number of para-hydroxylation sites is 1. The summed E-state index contributed by atoms with van der Waals surface area (Å²) in [7, 11) is 0. The maximum absolute atomic E-state index is 12.7. The van der Waals surface area contributed by atoms with Crippen LogP contribution in [0.15, 0.2) is 48.5 Å². The highest BCUT2D eigenvalue weighted by Gasteiger charge is 2.18. The number of benzene rings is 2. The van der Waals surface area contributed by atoms with Gasteiger partial charge >= 0.3 is 5.97 Å². The van der Waals surface area contributed by atoms with Gasteiger partial charge in [0.05, 0.1) is 22.9 Å². The lowest BCUT2D eigenvalue weighted by atomic mass is 10.1. The Morgan fingerprint density at radius 2 is 1.96 bits per heavy atom. The first-order valence-electron chi connectivity index (χ1n) is 7.72. The summed E-state index contributed by atoms with van der Waals surface area (Å²) in [5, 5.41) is 21.8. The van der Waals surface area contributed by atoms with Crippen LogP contribution in [0.2, 0.25) is 0 Å². The van der Waals surface area contributed by atoms with Gasteiger partial charge in [-0.3, -0.25) is 4.79 Å². The minimum Gasteiger partial charge on any atom is -0.478 e. The molecule has 0 aliphatic heterocycles. The van der Waals surface area contributed by atoms with Crippen molar-refractivity contribution in [1.29, 1.82) is 5.26 Å². The molecule has 0 unspecified atom stereocenters. The van der Waals surface area contributed by atoms with Crippen molar-refractivity contribution in [2.24, 2.45) is 0 Å². The van der Waals surface area contributed by atoms with Gasteiger partial charge in [-0.2, -0.15) is 5.26 Å². The van der Waals surface area contributed by atoms with Gasteiger partial charge in [0.1, 0.15) is 5.69 Å². The molecular weight excluding hydrogens is 318 g/mol. The zero-order valence-electron chi connectivity index (χ0n) is 13.5. The highest BCUT2D eigenvalue weighted by Crippen LogP contribution is 2.23. The smallest absolute Gasteiger partial charge is 0.337 e. The third kappa shape index (κ3) is 2.95. The van der Waals surface area contributed by atoms with Crippen LogP contribution in [-0.4, -0.2) is 21.6 Å². The summed E-state index contributed by atoms with van der Waals surface area (Å²) in [4.78, 5) is 24.1. The highest BCUT2D eigenvalue weighted by atomic mass is 16.4. The molecule has 0 saturated carbocycles. The van der Waals surface area contributed by atoms with Crippen LogP contribution >= 0.6 is 0 Å². The summed E-state index contributed by atoms with van der Waals surface area (Å²) in [6.45, 7) is 2.54. The maximum Gasteiger partial charge on any atom is 0.337 e. The molecule has 1 heterocycles. The number of nitriles is 1. The molecule has 6 heteroatoms. The summed E-state index contributed by atoms with van der Waals surface area (Å²) >= 11 is 0. The molecule has 25 heavy (non-hydrogen) atoms.